The molecule has 0 unspecified atom stereocenters. The second-order valence-corrected chi connectivity index (χ2v) is 7.41. The van der Waals surface area contributed by atoms with Crippen molar-refractivity contribution >= 4 is 21.6 Å². The Morgan fingerprint density at radius 3 is 2.30 bits per heavy atom. The van der Waals surface area contributed by atoms with Crippen LogP contribution in [0.25, 0.3) is 0 Å². The first-order valence-corrected chi connectivity index (χ1v) is 8.96. The standard InChI is InChI=1S/C14H21ClN2O2S/c15-10-9-11-1-7-14(8-2-11)20(18,19)17-13-5-3-12(16)4-6-13/h1-2,7-8,12-13,17H,3-6,9-10,16H2. The molecule has 0 bridgehead atoms. The molecule has 0 aromatic heterocycles. The summed E-state index contributed by atoms with van der Waals surface area (Å²) in [5.41, 5.74) is 6.87. The van der Waals surface area contributed by atoms with Crippen molar-refractivity contribution in [3.63, 3.8) is 0 Å². The molecule has 0 atom stereocenters. The maximum Gasteiger partial charge on any atom is 0.240 e. The van der Waals surface area contributed by atoms with Crippen LogP contribution in [0.4, 0.5) is 0 Å². The zero-order valence-corrected chi connectivity index (χ0v) is 13.0. The first-order chi connectivity index (χ1) is 9.51. The molecule has 1 aliphatic rings. The summed E-state index contributed by atoms with van der Waals surface area (Å²) in [5, 5.41) is 0. The maximum absolute atomic E-state index is 12.3. The number of benzene rings is 1. The number of nitrogens with one attached hydrogen (secondary N) is 1. The normalized spacial score (nSPS) is 23.7. The van der Waals surface area contributed by atoms with Crippen LogP contribution in [0.15, 0.2) is 29.2 Å². The average molecular weight is 317 g/mol. The molecule has 1 aliphatic carbocycles. The predicted molar refractivity (Wildman–Crippen MR) is 81.4 cm³/mol. The molecule has 6 heteroatoms. The molecule has 1 fully saturated rings. The van der Waals surface area contributed by atoms with Gasteiger partial charge in [0.05, 0.1) is 4.90 Å². The van der Waals surface area contributed by atoms with E-state index in [2.05, 4.69) is 4.72 Å². The number of nitrogens with two attached hydrogens (primary N) is 1. The third kappa shape index (κ3) is 4.19. The van der Waals surface area contributed by atoms with Crippen LogP contribution in [0.1, 0.15) is 31.2 Å². The predicted octanol–water partition coefficient (Wildman–Crippen LogP) is 2.02. The number of aryl methyl sites for hydroxylation is 1. The summed E-state index contributed by atoms with van der Waals surface area (Å²) in [7, 11) is -3.43. The molecule has 0 aliphatic heterocycles. The van der Waals surface area contributed by atoms with Crippen molar-refractivity contribution in [2.24, 2.45) is 5.73 Å². The molecule has 2 rings (SSSR count). The second kappa shape index (κ2) is 6.89. The largest absolute Gasteiger partial charge is 0.328 e. The van der Waals surface area contributed by atoms with Crippen LogP contribution in [0.3, 0.4) is 0 Å². The molecule has 3 N–H and O–H groups in total. The van der Waals surface area contributed by atoms with Crippen molar-refractivity contribution in [2.75, 3.05) is 5.88 Å². The average Bonchev–Trinajstić information content (AvgIpc) is 2.42. The molecular weight excluding hydrogens is 296 g/mol. The molecule has 1 aromatic rings. The highest BCUT2D eigenvalue weighted by atomic mass is 35.5. The number of alkyl halides is 1. The summed E-state index contributed by atoms with van der Waals surface area (Å²) in [6.45, 7) is 0. The minimum absolute atomic E-state index is 0.00215. The summed E-state index contributed by atoms with van der Waals surface area (Å²) < 4.78 is 27.3. The fourth-order valence-electron chi connectivity index (χ4n) is 2.47. The van der Waals surface area contributed by atoms with Crippen molar-refractivity contribution < 1.29 is 8.42 Å². The zero-order chi connectivity index (χ0) is 14.6. The third-order valence-corrected chi connectivity index (χ3v) is 5.44. The Kier molecular flexibility index (Phi) is 5.43. The summed E-state index contributed by atoms with van der Waals surface area (Å²) >= 11 is 5.67. The Balaban J connectivity index is 2.02. The highest BCUT2D eigenvalue weighted by molar-refractivity contribution is 7.89. The van der Waals surface area contributed by atoms with Gasteiger partial charge < -0.3 is 5.73 Å². The molecule has 112 valence electrons. The van der Waals surface area contributed by atoms with E-state index in [9.17, 15) is 8.42 Å². The van der Waals surface area contributed by atoms with Gasteiger partial charge in [-0.15, -0.1) is 11.6 Å². The van der Waals surface area contributed by atoms with Gasteiger partial charge in [-0.3, -0.25) is 0 Å². The van der Waals surface area contributed by atoms with Crippen LogP contribution >= 0.6 is 11.6 Å². The van der Waals surface area contributed by atoms with Gasteiger partial charge in [0.15, 0.2) is 0 Å². The Morgan fingerprint density at radius 2 is 1.75 bits per heavy atom. The quantitative estimate of drug-likeness (QED) is 0.816. The Labute approximate surface area is 125 Å². The van der Waals surface area contributed by atoms with E-state index in [-0.39, 0.29) is 12.1 Å². The van der Waals surface area contributed by atoms with Crippen LogP contribution in [-0.4, -0.2) is 26.4 Å². The maximum atomic E-state index is 12.3. The summed E-state index contributed by atoms with van der Waals surface area (Å²) in [5.74, 6) is 0.534. The van der Waals surface area contributed by atoms with E-state index in [0.717, 1.165) is 37.7 Å². The molecule has 0 saturated heterocycles. The second-order valence-electron chi connectivity index (χ2n) is 5.32. The highest BCUT2D eigenvalue weighted by Crippen LogP contribution is 2.20. The summed E-state index contributed by atoms with van der Waals surface area (Å²) in [6.07, 6.45) is 4.12. The first kappa shape index (κ1) is 15.8. The molecule has 0 amide bonds. The van der Waals surface area contributed by atoms with Crippen LogP contribution in [-0.2, 0) is 16.4 Å². The number of hydrogen-bond acceptors (Lipinski definition) is 3. The van der Waals surface area contributed by atoms with Gasteiger partial charge in [-0.1, -0.05) is 12.1 Å². The van der Waals surface area contributed by atoms with Crippen molar-refractivity contribution in [1.82, 2.24) is 4.72 Å². The van der Waals surface area contributed by atoms with Crippen LogP contribution in [0, 0.1) is 0 Å². The van der Waals surface area contributed by atoms with E-state index in [1.54, 1.807) is 12.1 Å². The molecule has 20 heavy (non-hydrogen) atoms. The molecule has 1 aromatic carbocycles. The monoisotopic (exact) mass is 316 g/mol. The van der Waals surface area contributed by atoms with Gasteiger partial charge in [-0.25, -0.2) is 13.1 Å². The summed E-state index contributed by atoms with van der Waals surface area (Å²) in [6, 6.07) is 7.12. The fourth-order valence-corrected chi connectivity index (χ4v) is 3.99. The van der Waals surface area contributed by atoms with E-state index in [1.165, 1.54) is 0 Å². The number of sulfonamides is 1. The van der Waals surface area contributed by atoms with E-state index < -0.39 is 10.0 Å². The van der Waals surface area contributed by atoms with Gasteiger partial charge in [0.25, 0.3) is 0 Å². The topological polar surface area (TPSA) is 72.2 Å². The summed E-state index contributed by atoms with van der Waals surface area (Å²) in [4.78, 5) is 0.311. The van der Waals surface area contributed by atoms with E-state index >= 15 is 0 Å². The van der Waals surface area contributed by atoms with Gasteiger partial charge in [0.2, 0.25) is 10.0 Å². The molecular formula is C14H21ClN2O2S. The van der Waals surface area contributed by atoms with Gasteiger partial charge in [-0.2, -0.15) is 0 Å². The highest BCUT2D eigenvalue weighted by Gasteiger charge is 2.24. The smallest absolute Gasteiger partial charge is 0.240 e. The van der Waals surface area contributed by atoms with Gasteiger partial charge in [0, 0.05) is 18.0 Å². The van der Waals surface area contributed by atoms with E-state index in [4.69, 9.17) is 17.3 Å². The molecule has 1 saturated carbocycles. The lowest BCUT2D eigenvalue weighted by Crippen LogP contribution is -2.40. The van der Waals surface area contributed by atoms with Crippen molar-refractivity contribution in [3.05, 3.63) is 29.8 Å². The number of halogens is 1. The lowest BCUT2D eigenvalue weighted by molar-refractivity contribution is 0.373. The van der Waals surface area contributed by atoms with Gasteiger partial charge in [-0.05, 0) is 49.8 Å². The Bertz CT molecular complexity index is 523. The third-order valence-electron chi connectivity index (χ3n) is 3.71. The SMILES string of the molecule is NC1CCC(NS(=O)(=O)c2ccc(CCCl)cc2)CC1. The van der Waals surface area contributed by atoms with Crippen molar-refractivity contribution in [2.45, 2.75) is 49.1 Å². The number of rotatable bonds is 5. The first-order valence-electron chi connectivity index (χ1n) is 6.94. The fraction of sp³-hybridized carbons (Fsp3) is 0.571. The molecule has 0 spiro atoms. The Hall–Kier alpha value is -0.620. The lowest BCUT2D eigenvalue weighted by atomic mass is 9.93. The molecule has 0 heterocycles. The van der Waals surface area contributed by atoms with Crippen molar-refractivity contribution in [1.29, 1.82) is 0 Å². The van der Waals surface area contributed by atoms with Crippen LogP contribution < -0.4 is 10.5 Å². The van der Waals surface area contributed by atoms with E-state index in [1.807, 2.05) is 12.1 Å². The van der Waals surface area contributed by atoms with Crippen molar-refractivity contribution in [3.8, 4) is 0 Å². The zero-order valence-electron chi connectivity index (χ0n) is 11.4. The van der Waals surface area contributed by atoms with Gasteiger partial charge in [0.1, 0.15) is 0 Å². The minimum Gasteiger partial charge on any atom is -0.328 e. The number of hydrogen-bond donors (Lipinski definition) is 2. The Morgan fingerprint density at radius 1 is 1.15 bits per heavy atom. The minimum atomic E-state index is -3.43. The van der Waals surface area contributed by atoms with Crippen LogP contribution in [0.5, 0.6) is 0 Å². The molecule has 0 radical (unpaired) electrons. The molecule has 4 nitrogen and oxygen atoms in total. The lowest BCUT2D eigenvalue weighted by Gasteiger charge is -2.26. The van der Waals surface area contributed by atoms with Crippen LogP contribution in [0.2, 0.25) is 0 Å². The van der Waals surface area contributed by atoms with Gasteiger partial charge >= 0.3 is 0 Å². The van der Waals surface area contributed by atoms with E-state index in [0.29, 0.717) is 10.8 Å².